The predicted octanol–water partition coefficient (Wildman–Crippen LogP) is 3.68. The Morgan fingerprint density at radius 3 is 2.39 bits per heavy atom. The van der Waals surface area contributed by atoms with Gasteiger partial charge in [-0.2, -0.15) is 13.2 Å². The summed E-state index contributed by atoms with van der Waals surface area (Å²) >= 11 is 0. The number of halogens is 3. The highest BCUT2D eigenvalue weighted by Gasteiger charge is 2.41. The highest BCUT2D eigenvalue weighted by molar-refractivity contribution is 5.26. The number of alkyl halides is 3. The third-order valence-electron chi connectivity index (χ3n) is 6.16. The molecule has 2 aromatic rings. The molecular weight excluding hydrogens is 367 g/mol. The molecule has 0 saturated carbocycles. The molecule has 0 aliphatic carbocycles. The molecule has 0 bridgehead atoms. The SMILES string of the molecule is CC(c1ccncc1)N1CCn2c(C(F)(F)F)nc(C3CCN(C)CC3)c2C1. The van der Waals surface area contributed by atoms with Crippen LogP contribution in [0.15, 0.2) is 24.5 Å². The Kier molecular flexibility index (Phi) is 5.18. The lowest BCUT2D eigenvalue weighted by atomic mass is 9.92. The average molecular weight is 393 g/mol. The fourth-order valence-corrected chi connectivity index (χ4v) is 4.42. The van der Waals surface area contributed by atoms with Crippen molar-refractivity contribution >= 4 is 0 Å². The van der Waals surface area contributed by atoms with Gasteiger partial charge in [-0.1, -0.05) is 0 Å². The summed E-state index contributed by atoms with van der Waals surface area (Å²) in [6.45, 7) is 5.28. The van der Waals surface area contributed by atoms with Crippen molar-refractivity contribution in [1.29, 1.82) is 0 Å². The van der Waals surface area contributed by atoms with Gasteiger partial charge in [-0.3, -0.25) is 9.88 Å². The Morgan fingerprint density at radius 2 is 1.75 bits per heavy atom. The molecule has 1 unspecified atom stereocenters. The first-order valence-electron chi connectivity index (χ1n) is 9.83. The smallest absolute Gasteiger partial charge is 0.322 e. The quantitative estimate of drug-likeness (QED) is 0.797. The molecule has 0 amide bonds. The van der Waals surface area contributed by atoms with Crippen LogP contribution in [0.3, 0.4) is 0 Å². The van der Waals surface area contributed by atoms with Crippen molar-refractivity contribution in [3.8, 4) is 0 Å². The lowest BCUT2D eigenvalue weighted by Crippen LogP contribution is -2.37. The summed E-state index contributed by atoms with van der Waals surface area (Å²) in [5.74, 6) is -0.627. The molecule has 1 fully saturated rings. The van der Waals surface area contributed by atoms with Crippen LogP contribution >= 0.6 is 0 Å². The Hall–Kier alpha value is -1.93. The van der Waals surface area contributed by atoms with Gasteiger partial charge in [-0.15, -0.1) is 0 Å². The van der Waals surface area contributed by atoms with E-state index < -0.39 is 12.0 Å². The van der Waals surface area contributed by atoms with Gasteiger partial charge < -0.3 is 9.47 Å². The van der Waals surface area contributed by atoms with Gasteiger partial charge in [0.05, 0.1) is 11.4 Å². The number of nitrogens with zero attached hydrogens (tertiary/aromatic N) is 5. The summed E-state index contributed by atoms with van der Waals surface area (Å²) in [6.07, 6.45) is 0.810. The predicted molar refractivity (Wildman–Crippen MR) is 99.8 cm³/mol. The highest BCUT2D eigenvalue weighted by Crippen LogP contribution is 2.38. The van der Waals surface area contributed by atoms with E-state index in [1.807, 2.05) is 12.1 Å². The molecule has 4 heterocycles. The Labute approximate surface area is 163 Å². The maximum absolute atomic E-state index is 13.6. The number of aromatic nitrogens is 3. The van der Waals surface area contributed by atoms with Gasteiger partial charge in [0, 0.05) is 44.0 Å². The zero-order chi connectivity index (χ0) is 19.9. The number of pyridine rings is 1. The Bertz CT molecular complexity index is 809. The molecule has 2 aliphatic heterocycles. The number of hydrogen-bond acceptors (Lipinski definition) is 4. The fourth-order valence-electron chi connectivity index (χ4n) is 4.42. The van der Waals surface area contributed by atoms with Crippen molar-refractivity contribution in [3.63, 3.8) is 0 Å². The lowest BCUT2D eigenvalue weighted by Gasteiger charge is -2.35. The summed E-state index contributed by atoms with van der Waals surface area (Å²) in [5, 5.41) is 0. The highest BCUT2D eigenvalue weighted by atomic mass is 19.4. The van der Waals surface area contributed by atoms with Crippen molar-refractivity contribution in [3.05, 3.63) is 47.3 Å². The molecule has 0 spiro atoms. The van der Waals surface area contributed by atoms with Crippen LogP contribution < -0.4 is 0 Å². The largest absolute Gasteiger partial charge is 0.449 e. The first-order valence-corrected chi connectivity index (χ1v) is 9.83. The molecule has 0 radical (unpaired) electrons. The van der Waals surface area contributed by atoms with Crippen LogP contribution in [0.2, 0.25) is 0 Å². The molecule has 2 aromatic heterocycles. The standard InChI is InChI=1S/C20H26F3N5/c1-14(15-3-7-24-8-4-15)27-11-12-28-17(13-27)18(25-19(28)20(21,22)23)16-5-9-26(2)10-6-16/h3-4,7-8,14,16H,5-6,9-13H2,1-2H3. The number of piperidine rings is 1. The van der Waals surface area contributed by atoms with Crippen molar-refractivity contribution in [2.45, 2.75) is 51.0 Å². The van der Waals surface area contributed by atoms with Crippen molar-refractivity contribution in [1.82, 2.24) is 24.3 Å². The van der Waals surface area contributed by atoms with E-state index in [9.17, 15) is 13.2 Å². The molecule has 1 saturated heterocycles. The van der Waals surface area contributed by atoms with E-state index in [1.54, 1.807) is 12.4 Å². The van der Waals surface area contributed by atoms with E-state index >= 15 is 0 Å². The van der Waals surface area contributed by atoms with Gasteiger partial charge in [-0.05, 0) is 57.6 Å². The summed E-state index contributed by atoms with van der Waals surface area (Å²) < 4.78 is 42.3. The van der Waals surface area contributed by atoms with Crippen LogP contribution in [-0.2, 0) is 19.3 Å². The van der Waals surface area contributed by atoms with E-state index in [0.29, 0.717) is 25.3 Å². The maximum Gasteiger partial charge on any atom is 0.449 e. The van der Waals surface area contributed by atoms with Gasteiger partial charge in [0.25, 0.3) is 0 Å². The Balaban J connectivity index is 1.66. The van der Waals surface area contributed by atoms with E-state index in [1.165, 1.54) is 4.57 Å². The second kappa shape index (κ2) is 7.48. The third-order valence-corrected chi connectivity index (χ3v) is 6.16. The maximum atomic E-state index is 13.6. The third kappa shape index (κ3) is 3.67. The molecule has 1 atom stereocenters. The van der Waals surface area contributed by atoms with Gasteiger partial charge in [0.2, 0.25) is 5.82 Å². The Morgan fingerprint density at radius 1 is 1.07 bits per heavy atom. The second-order valence-corrected chi connectivity index (χ2v) is 7.92. The average Bonchev–Trinajstić information content (AvgIpc) is 3.08. The lowest BCUT2D eigenvalue weighted by molar-refractivity contribution is -0.147. The van der Waals surface area contributed by atoms with Crippen LogP contribution in [0, 0.1) is 0 Å². The molecule has 4 rings (SSSR count). The number of likely N-dealkylation sites (tertiary alicyclic amines) is 1. The van der Waals surface area contributed by atoms with E-state index in [0.717, 1.165) is 37.2 Å². The van der Waals surface area contributed by atoms with Crippen LogP contribution in [-0.4, -0.2) is 51.0 Å². The summed E-state index contributed by atoms with van der Waals surface area (Å²) in [4.78, 5) is 12.7. The molecule has 2 aliphatic rings. The number of hydrogen-bond donors (Lipinski definition) is 0. The molecular formula is C20H26F3N5. The van der Waals surface area contributed by atoms with E-state index in [-0.39, 0.29) is 12.0 Å². The minimum Gasteiger partial charge on any atom is -0.322 e. The van der Waals surface area contributed by atoms with Gasteiger partial charge in [0.15, 0.2) is 0 Å². The first kappa shape index (κ1) is 19.4. The first-order chi connectivity index (χ1) is 13.3. The zero-order valence-corrected chi connectivity index (χ0v) is 16.3. The van der Waals surface area contributed by atoms with Crippen molar-refractivity contribution in [2.24, 2.45) is 0 Å². The number of fused-ring (bicyclic) bond motifs is 1. The zero-order valence-electron chi connectivity index (χ0n) is 16.3. The molecule has 5 nitrogen and oxygen atoms in total. The summed E-state index contributed by atoms with van der Waals surface area (Å²) in [5.41, 5.74) is 2.53. The molecule has 0 aromatic carbocycles. The van der Waals surface area contributed by atoms with Crippen LogP contribution in [0.1, 0.15) is 54.5 Å². The van der Waals surface area contributed by atoms with Crippen molar-refractivity contribution in [2.75, 3.05) is 26.7 Å². The van der Waals surface area contributed by atoms with Gasteiger partial charge in [-0.25, -0.2) is 4.98 Å². The monoisotopic (exact) mass is 393 g/mol. The fraction of sp³-hybridized carbons (Fsp3) is 0.600. The van der Waals surface area contributed by atoms with Crippen molar-refractivity contribution < 1.29 is 13.2 Å². The molecule has 0 N–H and O–H groups in total. The summed E-state index contributed by atoms with van der Waals surface area (Å²) in [6, 6.07) is 4.05. The minimum atomic E-state index is -4.42. The number of rotatable bonds is 3. The molecule has 8 heteroatoms. The minimum absolute atomic E-state index is 0.102. The van der Waals surface area contributed by atoms with E-state index in [4.69, 9.17) is 0 Å². The second-order valence-electron chi connectivity index (χ2n) is 7.92. The topological polar surface area (TPSA) is 37.2 Å². The molecule has 28 heavy (non-hydrogen) atoms. The molecule has 152 valence electrons. The van der Waals surface area contributed by atoms with Crippen LogP contribution in [0.4, 0.5) is 13.2 Å². The number of imidazole rings is 1. The normalized spacial score (nSPS) is 20.9. The summed E-state index contributed by atoms with van der Waals surface area (Å²) in [7, 11) is 2.05. The van der Waals surface area contributed by atoms with Gasteiger partial charge in [0.1, 0.15) is 0 Å². The van der Waals surface area contributed by atoms with Gasteiger partial charge >= 0.3 is 6.18 Å². The van der Waals surface area contributed by atoms with Crippen LogP contribution in [0.25, 0.3) is 0 Å². The van der Waals surface area contributed by atoms with Crippen LogP contribution in [0.5, 0.6) is 0 Å². The van der Waals surface area contributed by atoms with E-state index in [2.05, 4.69) is 33.7 Å².